The number of rotatable bonds is 5. The molecule has 0 unspecified atom stereocenters. The lowest BCUT2D eigenvalue weighted by Crippen LogP contribution is -2.04. The fourth-order valence-corrected chi connectivity index (χ4v) is 0.598. The summed E-state index contributed by atoms with van der Waals surface area (Å²) < 4.78 is 4.50. The van der Waals surface area contributed by atoms with Crippen molar-refractivity contribution in [2.24, 2.45) is 0 Å². The van der Waals surface area contributed by atoms with Gasteiger partial charge in [0.25, 0.3) is 5.70 Å². The normalized spacial score (nSPS) is 12.1. The summed E-state index contributed by atoms with van der Waals surface area (Å²) in [7, 11) is 0. The molecule has 0 bridgehead atoms. The molecule has 0 fully saturated rings. The molecule has 0 saturated heterocycles. The molecule has 0 radical (unpaired) electrons. The summed E-state index contributed by atoms with van der Waals surface area (Å²) in [6.07, 6.45) is 11.1. The van der Waals surface area contributed by atoms with Gasteiger partial charge in [-0.15, -0.1) is 6.26 Å². The van der Waals surface area contributed by atoms with Crippen LogP contribution in [0.5, 0.6) is 0 Å². The van der Waals surface area contributed by atoms with Crippen LogP contribution < -0.4 is 5.11 Å². The molecule has 0 aliphatic heterocycles. The molecule has 4 heteroatoms. The topological polar surface area (TPSA) is 53.7 Å². The molecule has 0 rings (SSSR count). The van der Waals surface area contributed by atoms with Crippen molar-refractivity contribution in [3.05, 3.63) is 72.7 Å². The van der Waals surface area contributed by atoms with E-state index in [-0.39, 0.29) is 6.26 Å². The second-order valence-corrected chi connectivity index (χ2v) is 2.35. The van der Waals surface area contributed by atoms with Gasteiger partial charge in [0.15, 0.2) is 0 Å². The Morgan fingerprint density at radius 1 is 1.25 bits per heavy atom. The zero-order chi connectivity index (χ0) is 12.2. The molecule has 0 N–H and O–H groups in total. The minimum Gasteiger partial charge on any atom is -0.886 e. The highest BCUT2D eigenvalue weighted by Crippen LogP contribution is 1.97. The van der Waals surface area contributed by atoms with Crippen LogP contribution in [0.15, 0.2) is 61.3 Å². The lowest BCUT2D eigenvalue weighted by atomic mass is 10.4. The molecule has 0 aliphatic carbocycles. The Bertz CT molecular complexity index is 395. The number of nitrogens with zero attached hydrogens (tertiary/aromatic N) is 1. The second kappa shape index (κ2) is 9.03. The molecule has 16 heavy (non-hydrogen) atoms. The van der Waals surface area contributed by atoms with E-state index in [0.717, 1.165) is 6.26 Å². The first kappa shape index (κ1) is 13.5. The highest BCUT2D eigenvalue weighted by atomic mass is 16.5. The van der Waals surface area contributed by atoms with E-state index in [1.54, 1.807) is 30.4 Å². The predicted molar refractivity (Wildman–Crippen MR) is 58.4 cm³/mol. The third-order valence-electron chi connectivity index (χ3n) is 1.28. The summed E-state index contributed by atoms with van der Waals surface area (Å²) in [6, 6.07) is 0. The number of carbonyl (C=O) groups excluding carboxylic acids is 1. The lowest BCUT2D eigenvalue weighted by molar-refractivity contribution is -0.275. The molecular weight excluding hydrogens is 206 g/mol. The van der Waals surface area contributed by atoms with Crippen LogP contribution in [0.4, 0.5) is 0 Å². The van der Waals surface area contributed by atoms with Crippen molar-refractivity contribution in [2.45, 2.75) is 0 Å². The SMILES string of the molecule is [C-]#[N+]/C(=C/[O-])C(=O)O/C=C/C=C/C=C/C=C. The first-order chi connectivity index (χ1) is 7.76. The first-order valence-corrected chi connectivity index (χ1v) is 4.27. The van der Waals surface area contributed by atoms with Gasteiger partial charge in [0, 0.05) is 0 Å². The van der Waals surface area contributed by atoms with Crippen molar-refractivity contribution in [1.29, 1.82) is 0 Å². The number of carbonyl (C=O) groups is 1. The van der Waals surface area contributed by atoms with Crippen LogP contribution in [0.1, 0.15) is 0 Å². The summed E-state index contributed by atoms with van der Waals surface area (Å²) in [6.45, 7) is 9.97. The number of esters is 1. The monoisotopic (exact) mass is 216 g/mol. The smallest absolute Gasteiger partial charge is 0.339 e. The molecule has 0 aromatic rings. The van der Waals surface area contributed by atoms with Crippen LogP contribution in [0.25, 0.3) is 4.85 Å². The van der Waals surface area contributed by atoms with Crippen LogP contribution in [-0.4, -0.2) is 5.97 Å². The highest BCUT2D eigenvalue weighted by molar-refractivity contribution is 5.90. The summed E-state index contributed by atoms with van der Waals surface area (Å²) in [5.41, 5.74) is -0.583. The molecule has 0 atom stereocenters. The van der Waals surface area contributed by atoms with Crippen molar-refractivity contribution in [3.8, 4) is 0 Å². The predicted octanol–water partition coefficient (Wildman–Crippen LogP) is 1.46. The van der Waals surface area contributed by atoms with Crippen molar-refractivity contribution in [1.82, 2.24) is 0 Å². The number of allylic oxidation sites excluding steroid dienone is 6. The minimum absolute atomic E-state index is 0.159. The van der Waals surface area contributed by atoms with Gasteiger partial charge in [-0.25, -0.2) is 4.85 Å². The van der Waals surface area contributed by atoms with E-state index in [1.807, 2.05) is 0 Å². The summed E-state index contributed by atoms with van der Waals surface area (Å²) in [5.74, 6) is -0.962. The van der Waals surface area contributed by atoms with E-state index >= 15 is 0 Å². The molecule has 82 valence electrons. The van der Waals surface area contributed by atoms with Gasteiger partial charge in [-0.1, -0.05) is 37.0 Å². The van der Waals surface area contributed by atoms with E-state index in [9.17, 15) is 9.90 Å². The molecule has 0 aliphatic rings. The van der Waals surface area contributed by atoms with Crippen molar-refractivity contribution in [2.75, 3.05) is 0 Å². The molecule has 0 aromatic heterocycles. The van der Waals surface area contributed by atoms with Crippen LogP contribution >= 0.6 is 0 Å². The van der Waals surface area contributed by atoms with Crippen LogP contribution in [0.3, 0.4) is 0 Å². The third-order valence-corrected chi connectivity index (χ3v) is 1.28. The van der Waals surface area contributed by atoms with E-state index in [4.69, 9.17) is 6.57 Å². The zero-order valence-electron chi connectivity index (χ0n) is 8.50. The van der Waals surface area contributed by atoms with Crippen LogP contribution in [0, 0.1) is 6.57 Å². The van der Waals surface area contributed by atoms with Gasteiger partial charge < -0.3 is 9.84 Å². The molecule has 0 saturated carbocycles. The Morgan fingerprint density at radius 3 is 2.44 bits per heavy atom. The Labute approximate surface area is 94.0 Å². The maximum atomic E-state index is 10.9. The average Bonchev–Trinajstić information content (AvgIpc) is 2.29. The minimum atomic E-state index is -0.962. The standard InChI is InChI=1S/C12H11NO3/c1-3-4-5-6-7-8-9-16-12(15)11(10-14)13-2/h3-10,14H,1H2/p-1/b5-4+,7-6+,9-8+,11-10+. The van der Waals surface area contributed by atoms with Gasteiger partial charge in [-0.05, 0) is 6.08 Å². The molecule has 0 spiro atoms. The number of hydrogen-bond donors (Lipinski definition) is 0. The quantitative estimate of drug-likeness (QED) is 0.230. The van der Waals surface area contributed by atoms with Crippen molar-refractivity contribution in [3.63, 3.8) is 0 Å². The Balaban J connectivity index is 4.07. The van der Waals surface area contributed by atoms with Crippen LogP contribution in [0.2, 0.25) is 0 Å². The fourth-order valence-electron chi connectivity index (χ4n) is 0.598. The van der Waals surface area contributed by atoms with Gasteiger partial charge in [0.1, 0.15) is 0 Å². The molecule has 4 nitrogen and oxygen atoms in total. The van der Waals surface area contributed by atoms with Crippen molar-refractivity contribution < 1.29 is 14.6 Å². The van der Waals surface area contributed by atoms with Crippen LogP contribution in [-0.2, 0) is 9.53 Å². The molecular formula is C12H10NO3-. The maximum absolute atomic E-state index is 10.9. The number of ether oxygens (including phenoxy) is 1. The first-order valence-electron chi connectivity index (χ1n) is 4.27. The Morgan fingerprint density at radius 2 is 1.88 bits per heavy atom. The van der Waals surface area contributed by atoms with E-state index in [2.05, 4.69) is 16.2 Å². The van der Waals surface area contributed by atoms with Gasteiger partial charge in [-0.3, -0.25) is 4.79 Å². The largest absolute Gasteiger partial charge is 0.886 e. The third kappa shape index (κ3) is 6.00. The maximum Gasteiger partial charge on any atom is 0.339 e. The van der Waals surface area contributed by atoms with Crippen molar-refractivity contribution >= 4 is 5.97 Å². The van der Waals surface area contributed by atoms with E-state index in [1.165, 1.54) is 6.08 Å². The zero-order valence-corrected chi connectivity index (χ0v) is 8.50. The summed E-state index contributed by atoms with van der Waals surface area (Å²) in [5, 5.41) is 10.2. The molecule has 0 amide bonds. The van der Waals surface area contributed by atoms with Gasteiger partial charge in [-0.2, -0.15) is 0 Å². The Kier molecular flexibility index (Phi) is 7.60. The van der Waals surface area contributed by atoms with E-state index < -0.39 is 11.7 Å². The molecule has 0 aromatic carbocycles. The lowest BCUT2D eigenvalue weighted by Gasteiger charge is -1.97. The summed E-state index contributed by atoms with van der Waals surface area (Å²) >= 11 is 0. The average molecular weight is 216 g/mol. The molecule has 0 heterocycles. The van der Waals surface area contributed by atoms with Gasteiger partial charge in [0.2, 0.25) is 0 Å². The summed E-state index contributed by atoms with van der Waals surface area (Å²) in [4.78, 5) is 13.6. The Hall–Kier alpha value is -2.54. The fraction of sp³-hybridized carbons (Fsp3) is 0. The van der Waals surface area contributed by atoms with Gasteiger partial charge in [0.05, 0.1) is 12.8 Å². The highest BCUT2D eigenvalue weighted by Gasteiger charge is 2.05. The number of hydrogen-bond acceptors (Lipinski definition) is 3. The second-order valence-electron chi connectivity index (χ2n) is 2.35. The van der Waals surface area contributed by atoms with Gasteiger partial charge >= 0.3 is 5.97 Å². The van der Waals surface area contributed by atoms with E-state index in [0.29, 0.717) is 0 Å².